The Morgan fingerprint density at radius 2 is 1.84 bits per heavy atom. The normalized spacial score (nSPS) is 19.0. The topological polar surface area (TPSA) is 58.6 Å². The summed E-state index contributed by atoms with van der Waals surface area (Å²) in [5, 5.41) is 2.97. The van der Waals surface area contributed by atoms with E-state index in [0.717, 1.165) is 37.3 Å². The second kappa shape index (κ2) is 9.04. The van der Waals surface area contributed by atoms with Gasteiger partial charge in [-0.2, -0.15) is 0 Å². The van der Waals surface area contributed by atoms with E-state index in [2.05, 4.69) is 5.32 Å². The molecule has 4 rings (SSSR count). The second-order valence-electron chi connectivity index (χ2n) is 8.28. The number of amides is 2. The lowest BCUT2D eigenvalue weighted by Gasteiger charge is -2.23. The van der Waals surface area contributed by atoms with Crippen molar-refractivity contribution < 1.29 is 23.1 Å². The molecular formula is C24H26F2N2O3. The monoisotopic (exact) mass is 428 g/mol. The Kier molecular flexibility index (Phi) is 6.20. The van der Waals surface area contributed by atoms with E-state index in [9.17, 15) is 18.4 Å². The summed E-state index contributed by atoms with van der Waals surface area (Å²) in [6, 6.07) is 8.61. The molecule has 0 aromatic heterocycles. The van der Waals surface area contributed by atoms with Crippen LogP contribution in [0.3, 0.4) is 0 Å². The first-order valence-corrected chi connectivity index (χ1v) is 10.8. The van der Waals surface area contributed by atoms with Gasteiger partial charge in [0.25, 0.3) is 5.91 Å². The van der Waals surface area contributed by atoms with Gasteiger partial charge >= 0.3 is 0 Å². The van der Waals surface area contributed by atoms with Crippen LogP contribution in [0.5, 0.6) is 5.75 Å². The summed E-state index contributed by atoms with van der Waals surface area (Å²) in [7, 11) is 0. The Morgan fingerprint density at radius 1 is 1.13 bits per heavy atom. The number of rotatable bonds is 5. The van der Waals surface area contributed by atoms with Crippen molar-refractivity contribution in [2.24, 2.45) is 5.92 Å². The number of hydrogen-bond acceptors (Lipinski definition) is 3. The van der Waals surface area contributed by atoms with Crippen molar-refractivity contribution in [3.05, 3.63) is 59.2 Å². The lowest BCUT2D eigenvalue weighted by Crippen LogP contribution is -2.38. The maximum absolute atomic E-state index is 13.6. The van der Waals surface area contributed by atoms with Gasteiger partial charge in [-0.05, 0) is 55.2 Å². The Morgan fingerprint density at radius 3 is 2.52 bits per heavy atom. The first-order valence-electron chi connectivity index (χ1n) is 10.8. The van der Waals surface area contributed by atoms with Gasteiger partial charge in [0, 0.05) is 36.3 Å². The first kappa shape index (κ1) is 21.3. The van der Waals surface area contributed by atoms with Crippen LogP contribution in [0.1, 0.15) is 50.2 Å². The van der Waals surface area contributed by atoms with E-state index >= 15 is 0 Å². The average Bonchev–Trinajstić information content (AvgIpc) is 3.22. The number of nitrogens with one attached hydrogen (secondary N) is 1. The fraction of sp³-hybridized carbons (Fsp3) is 0.417. The van der Waals surface area contributed by atoms with E-state index < -0.39 is 17.7 Å². The minimum atomic E-state index is -0.683. The van der Waals surface area contributed by atoms with Gasteiger partial charge in [-0.1, -0.05) is 19.8 Å². The van der Waals surface area contributed by atoms with Crippen LogP contribution in [0.15, 0.2) is 36.4 Å². The fourth-order valence-electron chi connectivity index (χ4n) is 4.33. The van der Waals surface area contributed by atoms with Crippen LogP contribution >= 0.6 is 0 Å². The Labute approximate surface area is 180 Å². The molecule has 0 unspecified atom stereocenters. The van der Waals surface area contributed by atoms with Crippen molar-refractivity contribution >= 4 is 17.5 Å². The number of benzene rings is 2. The van der Waals surface area contributed by atoms with Crippen LogP contribution in [0.25, 0.3) is 0 Å². The van der Waals surface area contributed by atoms with Crippen LogP contribution in [0, 0.1) is 17.6 Å². The third-order valence-electron chi connectivity index (χ3n) is 5.94. The molecule has 0 saturated heterocycles. The van der Waals surface area contributed by atoms with Gasteiger partial charge in [0.2, 0.25) is 5.91 Å². The van der Waals surface area contributed by atoms with Crippen LogP contribution in [-0.2, 0) is 22.7 Å². The molecule has 0 spiro atoms. The highest BCUT2D eigenvalue weighted by Gasteiger charge is 2.30. The summed E-state index contributed by atoms with van der Waals surface area (Å²) in [6.45, 7) is 2.13. The predicted molar refractivity (Wildman–Crippen MR) is 112 cm³/mol. The molecule has 31 heavy (non-hydrogen) atoms. The number of hydrogen-bond donors (Lipinski definition) is 1. The van der Waals surface area contributed by atoms with Gasteiger partial charge in [-0.25, -0.2) is 8.78 Å². The Bertz CT molecular complexity index is 969. The highest BCUT2D eigenvalue weighted by molar-refractivity contribution is 5.93. The van der Waals surface area contributed by atoms with E-state index in [-0.39, 0.29) is 30.8 Å². The minimum Gasteiger partial charge on any atom is -0.480 e. The number of carbonyl (C=O) groups is 2. The smallest absolute Gasteiger partial charge is 0.264 e. The molecule has 1 atom stereocenters. The van der Waals surface area contributed by atoms with Crippen LogP contribution in [-0.4, -0.2) is 22.8 Å². The summed E-state index contributed by atoms with van der Waals surface area (Å²) in [6.07, 6.45) is 3.75. The molecule has 0 bridgehead atoms. The molecule has 2 amide bonds. The first-order chi connectivity index (χ1) is 14.9. The third-order valence-corrected chi connectivity index (χ3v) is 5.94. The highest BCUT2D eigenvalue weighted by atomic mass is 19.1. The van der Waals surface area contributed by atoms with Crippen molar-refractivity contribution in [2.45, 2.75) is 58.2 Å². The van der Waals surface area contributed by atoms with Crippen LogP contribution in [0.2, 0.25) is 0 Å². The van der Waals surface area contributed by atoms with E-state index in [4.69, 9.17) is 4.74 Å². The molecule has 2 aromatic carbocycles. The van der Waals surface area contributed by atoms with Crippen molar-refractivity contribution in [1.82, 2.24) is 4.90 Å². The van der Waals surface area contributed by atoms with Crippen molar-refractivity contribution in [1.29, 1.82) is 0 Å². The maximum atomic E-state index is 13.6. The largest absolute Gasteiger partial charge is 0.480 e. The van der Waals surface area contributed by atoms with Gasteiger partial charge in [-0.3, -0.25) is 9.59 Å². The molecule has 2 aliphatic rings. The molecule has 1 N–H and O–H groups in total. The number of fused-ring (bicyclic) bond motifs is 1. The maximum Gasteiger partial charge on any atom is 0.264 e. The molecule has 2 aromatic rings. The Balaban J connectivity index is 1.58. The Hall–Kier alpha value is -2.96. The molecule has 1 aliphatic carbocycles. The number of carbonyl (C=O) groups excluding carboxylic acids is 2. The van der Waals surface area contributed by atoms with E-state index in [1.54, 1.807) is 12.1 Å². The van der Waals surface area contributed by atoms with Gasteiger partial charge in [0.1, 0.15) is 17.4 Å². The zero-order valence-corrected chi connectivity index (χ0v) is 17.5. The van der Waals surface area contributed by atoms with Gasteiger partial charge in [-0.15, -0.1) is 0 Å². The molecule has 164 valence electrons. The van der Waals surface area contributed by atoms with Gasteiger partial charge in [0.05, 0.1) is 0 Å². The number of halogens is 2. The second-order valence-corrected chi connectivity index (χ2v) is 8.28. The van der Waals surface area contributed by atoms with Gasteiger partial charge in [0.15, 0.2) is 6.10 Å². The fourth-order valence-corrected chi connectivity index (χ4v) is 4.33. The van der Waals surface area contributed by atoms with E-state index in [1.807, 2.05) is 13.0 Å². The SMILES string of the molecule is CC[C@H]1Oc2ccc(NC(=O)C3CCCC3)cc2CN(Cc2cc(F)cc(F)c2)C1=O. The highest BCUT2D eigenvalue weighted by Crippen LogP contribution is 2.31. The minimum absolute atomic E-state index is 0.0154. The van der Waals surface area contributed by atoms with Crippen molar-refractivity contribution in [3.8, 4) is 5.75 Å². The predicted octanol–water partition coefficient (Wildman–Crippen LogP) is 4.79. The number of anilines is 1. The van der Waals surface area contributed by atoms with Crippen molar-refractivity contribution in [2.75, 3.05) is 5.32 Å². The lowest BCUT2D eigenvalue weighted by atomic mass is 10.1. The zero-order valence-electron chi connectivity index (χ0n) is 17.5. The summed E-state index contributed by atoms with van der Waals surface area (Å²) in [5.74, 6) is -0.968. The van der Waals surface area contributed by atoms with Crippen molar-refractivity contribution in [3.63, 3.8) is 0 Å². The molecule has 1 aliphatic heterocycles. The number of nitrogens with zero attached hydrogens (tertiary/aromatic N) is 1. The summed E-state index contributed by atoms with van der Waals surface area (Å²) in [4.78, 5) is 27.0. The lowest BCUT2D eigenvalue weighted by molar-refractivity contribution is -0.139. The summed E-state index contributed by atoms with van der Waals surface area (Å²) >= 11 is 0. The average molecular weight is 428 g/mol. The van der Waals surface area contributed by atoms with Crippen LogP contribution < -0.4 is 10.1 Å². The molecule has 5 nitrogen and oxygen atoms in total. The molecular weight excluding hydrogens is 402 g/mol. The van der Waals surface area contributed by atoms with Crippen LogP contribution in [0.4, 0.5) is 14.5 Å². The third kappa shape index (κ3) is 4.86. The molecule has 1 fully saturated rings. The molecule has 1 saturated carbocycles. The standard InChI is InChI=1S/C24H26F2N2O3/c1-2-21-24(30)28(13-15-9-18(25)12-19(26)10-15)14-17-11-20(7-8-22(17)31-21)27-23(29)16-5-3-4-6-16/h7-12,16,21H,2-6,13-14H2,1H3,(H,27,29)/t21-/m1/s1. The molecule has 1 heterocycles. The van der Waals surface area contributed by atoms with E-state index in [1.165, 1.54) is 17.0 Å². The summed E-state index contributed by atoms with van der Waals surface area (Å²) in [5.41, 5.74) is 1.76. The molecule has 0 radical (unpaired) electrons. The zero-order chi connectivity index (χ0) is 22.0. The van der Waals surface area contributed by atoms with E-state index in [0.29, 0.717) is 23.4 Å². The summed E-state index contributed by atoms with van der Waals surface area (Å²) < 4.78 is 33.2. The quantitative estimate of drug-likeness (QED) is 0.745. The number of ether oxygens (including phenoxy) is 1. The molecule has 7 heteroatoms. The van der Waals surface area contributed by atoms with Gasteiger partial charge < -0.3 is 15.0 Å².